The fourth-order valence-electron chi connectivity index (χ4n) is 2.85. The molecule has 0 spiro atoms. The molecule has 0 aliphatic rings. The lowest BCUT2D eigenvalue weighted by Crippen LogP contribution is -2.32. The summed E-state index contributed by atoms with van der Waals surface area (Å²) in [5.41, 5.74) is 0.836. The molecule has 0 amide bonds. The van der Waals surface area contributed by atoms with E-state index < -0.39 is 28.1 Å². The summed E-state index contributed by atoms with van der Waals surface area (Å²) in [5, 5.41) is 16.8. The highest BCUT2D eigenvalue weighted by Crippen LogP contribution is 2.30. The SMILES string of the molecule is CC(C)CN(CC(C)C)c1ccc(NS(=O)(=O)c2ccc(Cl)s2)cc1C(=O)O.O=C(O)C(F)(F)F. The third-order valence-electron chi connectivity index (χ3n) is 4.05. The first-order valence-electron chi connectivity index (χ1n) is 10.1. The van der Waals surface area contributed by atoms with E-state index in [4.69, 9.17) is 21.5 Å². The quantitative estimate of drug-likeness (QED) is 0.363. The van der Waals surface area contributed by atoms with Gasteiger partial charge in [-0.15, -0.1) is 11.3 Å². The van der Waals surface area contributed by atoms with Gasteiger partial charge in [0.15, 0.2) is 0 Å². The number of carboxylic acid groups (broad SMARTS) is 2. The average Bonchev–Trinajstić information content (AvgIpc) is 3.13. The number of hydrogen-bond acceptors (Lipinski definition) is 6. The Morgan fingerprint density at radius 1 is 1.06 bits per heavy atom. The third-order valence-corrected chi connectivity index (χ3v) is 7.15. The molecule has 0 atom stereocenters. The summed E-state index contributed by atoms with van der Waals surface area (Å²) in [6.07, 6.45) is -5.08. The molecule has 0 bridgehead atoms. The van der Waals surface area contributed by atoms with Crippen LogP contribution in [0.2, 0.25) is 4.34 Å². The Morgan fingerprint density at radius 3 is 1.94 bits per heavy atom. The summed E-state index contributed by atoms with van der Waals surface area (Å²) in [6, 6.07) is 7.52. The van der Waals surface area contributed by atoms with Crippen molar-refractivity contribution in [2.24, 2.45) is 11.8 Å². The molecule has 0 unspecified atom stereocenters. The van der Waals surface area contributed by atoms with Crippen LogP contribution in [0, 0.1) is 11.8 Å². The average molecular weight is 559 g/mol. The van der Waals surface area contributed by atoms with Crippen molar-refractivity contribution in [2.75, 3.05) is 22.7 Å². The number of nitrogens with zero attached hydrogens (tertiary/aromatic N) is 1. The monoisotopic (exact) mass is 558 g/mol. The van der Waals surface area contributed by atoms with Gasteiger partial charge in [0.1, 0.15) is 4.21 Å². The maximum absolute atomic E-state index is 12.5. The zero-order valence-corrected chi connectivity index (χ0v) is 21.6. The van der Waals surface area contributed by atoms with E-state index in [2.05, 4.69) is 32.4 Å². The second-order valence-corrected chi connectivity index (χ2v) is 11.8. The minimum Gasteiger partial charge on any atom is -0.478 e. The minimum atomic E-state index is -5.08. The number of aromatic carboxylic acids is 1. The summed E-state index contributed by atoms with van der Waals surface area (Å²) in [6.45, 7) is 9.70. The summed E-state index contributed by atoms with van der Waals surface area (Å²) in [7, 11) is -3.83. The van der Waals surface area contributed by atoms with E-state index in [0.717, 1.165) is 11.3 Å². The maximum Gasteiger partial charge on any atom is 0.490 e. The van der Waals surface area contributed by atoms with Gasteiger partial charge >= 0.3 is 18.1 Å². The highest BCUT2D eigenvalue weighted by atomic mass is 35.5. The van der Waals surface area contributed by atoms with Crippen LogP contribution in [0.25, 0.3) is 0 Å². The van der Waals surface area contributed by atoms with Crippen molar-refractivity contribution < 1.29 is 41.4 Å². The molecule has 1 aromatic heterocycles. The number of alkyl halides is 3. The topological polar surface area (TPSA) is 124 Å². The van der Waals surface area contributed by atoms with Crippen molar-refractivity contribution in [3.63, 3.8) is 0 Å². The Balaban J connectivity index is 0.000000762. The second kappa shape index (κ2) is 12.5. The van der Waals surface area contributed by atoms with E-state index >= 15 is 0 Å². The third kappa shape index (κ3) is 9.94. The zero-order chi connectivity index (χ0) is 27.1. The molecule has 3 N–H and O–H groups in total. The largest absolute Gasteiger partial charge is 0.490 e. The summed E-state index contributed by atoms with van der Waals surface area (Å²) in [4.78, 5) is 22.8. The van der Waals surface area contributed by atoms with Crippen molar-refractivity contribution >= 4 is 56.3 Å². The molecule has 35 heavy (non-hydrogen) atoms. The van der Waals surface area contributed by atoms with E-state index in [1.807, 2.05) is 4.90 Å². The predicted molar refractivity (Wildman–Crippen MR) is 129 cm³/mol. The van der Waals surface area contributed by atoms with Crippen LogP contribution in [0.3, 0.4) is 0 Å². The first-order valence-corrected chi connectivity index (χ1v) is 12.8. The van der Waals surface area contributed by atoms with Crippen LogP contribution < -0.4 is 9.62 Å². The van der Waals surface area contributed by atoms with Gasteiger partial charge < -0.3 is 15.1 Å². The van der Waals surface area contributed by atoms with Crippen LogP contribution in [-0.2, 0) is 14.8 Å². The highest BCUT2D eigenvalue weighted by molar-refractivity contribution is 7.94. The highest BCUT2D eigenvalue weighted by Gasteiger charge is 2.38. The Morgan fingerprint density at radius 2 is 1.57 bits per heavy atom. The maximum atomic E-state index is 12.5. The van der Waals surface area contributed by atoms with Crippen molar-refractivity contribution in [3.8, 4) is 0 Å². The van der Waals surface area contributed by atoms with Gasteiger partial charge in [-0.1, -0.05) is 39.3 Å². The molecule has 0 fully saturated rings. The van der Waals surface area contributed by atoms with Crippen LogP contribution in [-0.4, -0.2) is 49.8 Å². The number of sulfonamides is 1. The van der Waals surface area contributed by atoms with Crippen LogP contribution in [0.4, 0.5) is 24.5 Å². The first-order chi connectivity index (χ1) is 15.9. The van der Waals surface area contributed by atoms with E-state index in [1.54, 1.807) is 12.1 Å². The number of carbonyl (C=O) groups is 2. The fraction of sp³-hybridized carbons (Fsp3) is 0.429. The molecule has 2 aromatic rings. The first kappa shape index (κ1) is 30.5. The molecule has 1 heterocycles. The van der Waals surface area contributed by atoms with Gasteiger partial charge in [0.2, 0.25) is 0 Å². The van der Waals surface area contributed by atoms with Crippen molar-refractivity contribution in [3.05, 3.63) is 40.2 Å². The lowest BCUT2D eigenvalue weighted by atomic mass is 10.1. The standard InChI is InChI=1S/C19H25ClN2O4S2.C2HF3O2/c1-12(2)10-22(11-13(3)4)16-6-5-14(9-15(16)19(23)24)21-28(25,26)18-8-7-17(20)27-18;3-2(4,5)1(6)7/h5-9,12-13,21H,10-11H2,1-4H3,(H,23,24);(H,6,7). The van der Waals surface area contributed by atoms with Gasteiger partial charge in [0, 0.05) is 18.8 Å². The molecular weight excluding hydrogens is 533 g/mol. The predicted octanol–water partition coefficient (Wildman–Crippen LogP) is 5.65. The number of aliphatic carboxylic acids is 1. The van der Waals surface area contributed by atoms with Crippen molar-refractivity contribution in [2.45, 2.75) is 38.1 Å². The lowest BCUT2D eigenvalue weighted by Gasteiger charge is -2.30. The summed E-state index contributed by atoms with van der Waals surface area (Å²) in [5.74, 6) is -3.16. The van der Waals surface area contributed by atoms with E-state index in [9.17, 15) is 31.5 Å². The Bertz CT molecular complexity index is 1120. The van der Waals surface area contributed by atoms with E-state index in [1.165, 1.54) is 18.2 Å². The van der Waals surface area contributed by atoms with Gasteiger partial charge in [0.25, 0.3) is 10.0 Å². The van der Waals surface area contributed by atoms with E-state index in [-0.39, 0.29) is 15.5 Å². The molecule has 196 valence electrons. The van der Waals surface area contributed by atoms with Crippen LogP contribution in [0.15, 0.2) is 34.5 Å². The van der Waals surface area contributed by atoms with Gasteiger partial charge in [-0.3, -0.25) is 4.72 Å². The molecule has 1 aromatic carbocycles. The van der Waals surface area contributed by atoms with Crippen molar-refractivity contribution in [1.82, 2.24) is 0 Å². The summed E-state index contributed by atoms with van der Waals surface area (Å²) < 4.78 is 59.6. The number of halogens is 4. The molecule has 0 saturated heterocycles. The lowest BCUT2D eigenvalue weighted by molar-refractivity contribution is -0.192. The van der Waals surface area contributed by atoms with Gasteiger partial charge in [-0.2, -0.15) is 13.2 Å². The number of benzene rings is 1. The molecule has 0 aliphatic carbocycles. The number of anilines is 2. The van der Waals surface area contributed by atoms with Gasteiger partial charge in [0.05, 0.1) is 15.6 Å². The molecule has 14 heteroatoms. The number of nitrogens with one attached hydrogen (secondary N) is 1. The smallest absolute Gasteiger partial charge is 0.478 e. The zero-order valence-electron chi connectivity index (χ0n) is 19.3. The Labute approximate surface area is 210 Å². The number of carboxylic acids is 2. The van der Waals surface area contributed by atoms with Gasteiger partial charge in [-0.05, 0) is 42.2 Å². The minimum absolute atomic E-state index is 0.0608. The van der Waals surface area contributed by atoms with Crippen LogP contribution >= 0.6 is 22.9 Å². The van der Waals surface area contributed by atoms with Gasteiger partial charge in [-0.25, -0.2) is 18.0 Å². The molecule has 8 nitrogen and oxygen atoms in total. The fourth-order valence-corrected chi connectivity index (χ4v) is 5.38. The van der Waals surface area contributed by atoms with Crippen LogP contribution in [0.1, 0.15) is 38.1 Å². The number of thiophene rings is 1. The van der Waals surface area contributed by atoms with E-state index in [0.29, 0.717) is 34.9 Å². The second-order valence-electron chi connectivity index (χ2n) is 8.20. The Hall–Kier alpha value is -2.51. The molecule has 0 saturated carbocycles. The van der Waals surface area contributed by atoms with Crippen LogP contribution in [0.5, 0.6) is 0 Å². The summed E-state index contributed by atoms with van der Waals surface area (Å²) >= 11 is 6.75. The molecule has 0 aliphatic heterocycles. The number of hydrogen-bond donors (Lipinski definition) is 3. The normalized spacial score (nSPS) is 11.7. The van der Waals surface area contributed by atoms with Crippen molar-refractivity contribution in [1.29, 1.82) is 0 Å². The molecular formula is C21H26ClF3N2O6S2. The Kier molecular flexibility index (Phi) is 10.9. The number of rotatable bonds is 9. The molecule has 0 radical (unpaired) electrons. The molecule has 2 rings (SSSR count).